The molecule has 2 aromatic heterocycles. The molecule has 0 aliphatic carbocycles. The molecule has 166 valence electrons. The van der Waals surface area contributed by atoms with Gasteiger partial charge in [0.25, 0.3) is 5.91 Å². The number of rotatable bonds is 3. The van der Waals surface area contributed by atoms with Crippen molar-refractivity contribution in [2.75, 3.05) is 50.8 Å². The monoisotopic (exact) mass is 424 g/mol. The van der Waals surface area contributed by atoms with E-state index < -0.39 is 0 Å². The van der Waals surface area contributed by atoms with Crippen LogP contribution in [0.4, 0.5) is 5.82 Å². The fraction of sp³-hybridized carbons (Fsp3) is 0.609. The van der Waals surface area contributed by atoms with Crippen LogP contribution < -0.4 is 4.90 Å². The molecule has 5 heterocycles. The van der Waals surface area contributed by atoms with Crippen molar-refractivity contribution >= 4 is 11.7 Å². The first-order valence-corrected chi connectivity index (χ1v) is 11.4. The summed E-state index contributed by atoms with van der Waals surface area (Å²) < 4.78 is 8.02. The van der Waals surface area contributed by atoms with E-state index in [1.165, 1.54) is 0 Å². The molecule has 3 aliphatic heterocycles. The lowest BCUT2D eigenvalue weighted by Gasteiger charge is -2.49. The number of aryl methyl sites for hydroxylation is 1. The maximum absolute atomic E-state index is 12.8. The average molecular weight is 425 g/mol. The van der Waals surface area contributed by atoms with Crippen LogP contribution in [0.15, 0.2) is 36.7 Å². The van der Waals surface area contributed by atoms with Crippen molar-refractivity contribution < 1.29 is 9.53 Å². The highest BCUT2D eigenvalue weighted by Crippen LogP contribution is 2.37. The number of piperidine rings is 1. The fourth-order valence-electron chi connectivity index (χ4n) is 5.38. The van der Waals surface area contributed by atoms with E-state index in [-0.39, 0.29) is 11.5 Å². The van der Waals surface area contributed by atoms with Gasteiger partial charge >= 0.3 is 0 Å². The minimum Gasteiger partial charge on any atom is -0.375 e. The van der Waals surface area contributed by atoms with E-state index in [0.29, 0.717) is 11.7 Å². The number of anilines is 1. The van der Waals surface area contributed by atoms with Crippen molar-refractivity contribution in [3.63, 3.8) is 0 Å². The first-order valence-electron chi connectivity index (χ1n) is 11.4. The predicted molar refractivity (Wildman–Crippen MR) is 118 cm³/mol. The van der Waals surface area contributed by atoms with E-state index >= 15 is 0 Å². The molecule has 5 rings (SSSR count). The molecule has 0 N–H and O–H groups in total. The second-order valence-corrected chi connectivity index (χ2v) is 9.02. The van der Waals surface area contributed by atoms with Crippen molar-refractivity contribution in [1.29, 1.82) is 0 Å². The zero-order chi connectivity index (χ0) is 21.3. The second-order valence-electron chi connectivity index (χ2n) is 9.02. The molecule has 0 aromatic carbocycles. The van der Waals surface area contributed by atoms with E-state index in [1.807, 2.05) is 24.2 Å². The lowest BCUT2D eigenvalue weighted by molar-refractivity contribution is -0.130. The maximum atomic E-state index is 12.8. The van der Waals surface area contributed by atoms with Crippen LogP contribution in [-0.2, 0) is 11.8 Å². The number of ether oxygens (including phenoxy) is 1. The van der Waals surface area contributed by atoms with Gasteiger partial charge in [-0.25, -0.2) is 4.98 Å². The largest absolute Gasteiger partial charge is 0.375 e. The molecule has 3 aliphatic rings. The van der Waals surface area contributed by atoms with E-state index in [0.717, 1.165) is 77.4 Å². The number of aromatic nitrogens is 3. The zero-order valence-corrected chi connectivity index (χ0v) is 18.3. The molecule has 1 spiro atoms. The molecule has 8 heteroatoms. The topological polar surface area (TPSA) is 66.7 Å². The first kappa shape index (κ1) is 20.5. The summed E-state index contributed by atoms with van der Waals surface area (Å²) in [6.45, 7) is 6.52. The lowest BCUT2D eigenvalue weighted by Crippen LogP contribution is -2.57. The highest BCUT2D eigenvalue weighted by Gasteiger charge is 2.43. The van der Waals surface area contributed by atoms with Gasteiger partial charge in [-0.05, 0) is 43.9 Å². The Kier molecular flexibility index (Phi) is 5.67. The van der Waals surface area contributed by atoms with E-state index in [2.05, 4.69) is 32.0 Å². The molecule has 0 unspecified atom stereocenters. The highest BCUT2D eigenvalue weighted by atomic mass is 16.5. The summed E-state index contributed by atoms with van der Waals surface area (Å²) in [5, 5.41) is 4.13. The van der Waals surface area contributed by atoms with Gasteiger partial charge in [0.1, 0.15) is 11.5 Å². The van der Waals surface area contributed by atoms with Crippen molar-refractivity contribution in [2.24, 2.45) is 7.05 Å². The summed E-state index contributed by atoms with van der Waals surface area (Å²) in [5.74, 6) is 1.16. The number of carbonyl (C=O) groups is 1. The smallest absolute Gasteiger partial charge is 0.272 e. The second kappa shape index (κ2) is 8.59. The molecular weight excluding hydrogens is 392 g/mol. The Bertz CT molecular complexity index is 884. The molecule has 0 bridgehead atoms. The van der Waals surface area contributed by atoms with Crippen LogP contribution in [0.1, 0.15) is 36.2 Å². The van der Waals surface area contributed by atoms with Crippen LogP contribution in [0.3, 0.4) is 0 Å². The Morgan fingerprint density at radius 3 is 2.55 bits per heavy atom. The van der Waals surface area contributed by atoms with Gasteiger partial charge in [-0.1, -0.05) is 6.07 Å². The van der Waals surface area contributed by atoms with Crippen molar-refractivity contribution in [1.82, 2.24) is 24.6 Å². The molecule has 3 saturated heterocycles. The van der Waals surface area contributed by atoms with E-state index in [1.54, 1.807) is 16.9 Å². The van der Waals surface area contributed by atoms with Crippen molar-refractivity contribution in [2.45, 2.75) is 37.3 Å². The molecule has 1 amide bonds. The number of hydrogen-bond acceptors (Lipinski definition) is 6. The number of likely N-dealkylation sites (tertiary alicyclic amines) is 1. The molecule has 1 atom stereocenters. The third-order valence-corrected chi connectivity index (χ3v) is 7.27. The van der Waals surface area contributed by atoms with Gasteiger partial charge < -0.3 is 14.5 Å². The zero-order valence-electron chi connectivity index (χ0n) is 18.3. The molecule has 0 radical (unpaired) electrons. The quantitative estimate of drug-likeness (QED) is 0.749. The van der Waals surface area contributed by atoms with Gasteiger partial charge in [0.15, 0.2) is 0 Å². The summed E-state index contributed by atoms with van der Waals surface area (Å²) in [6, 6.07) is 8.49. The Morgan fingerprint density at radius 1 is 1.06 bits per heavy atom. The van der Waals surface area contributed by atoms with Gasteiger partial charge in [0.05, 0.1) is 5.60 Å². The maximum Gasteiger partial charge on any atom is 0.272 e. The van der Waals surface area contributed by atoms with Gasteiger partial charge in [-0.2, -0.15) is 5.10 Å². The highest BCUT2D eigenvalue weighted by molar-refractivity contribution is 5.92. The summed E-state index contributed by atoms with van der Waals surface area (Å²) >= 11 is 0. The summed E-state index contributed by atoms with van der Waals surface area (Å²) in [6.07, 6.45) is 7.56. The van der Waals surface area contributed by atoms with E-state index in [9.17, 15) is 4.79 Å². The number of piperazine rings is 1. The van der Waals surface area contributed by atoms with E-state index in [4.69, 9.17) is 4.74 Å². The van der Waals surface area contributed by atoms with Crippen LogP contribution in [0, 0.1) is 0 Å². The standard InChI is InChI=1S/C23H32N6O2/c1-26-20(5-10-25-26)22(30)29-11-7-23(8-12-29)18-19(6-17-31-23)27-13-15-28(16-14-27)21-4-2-3-9-24-21/h2-5,9-10,19H,6-8,11-18H2,1H3/t19-/m1/s1. The SMILES string of the molecule is Cn1nccc1C(=O)N1CCC2(CC1)C[C@H](N1CCN(c3ccccn3)CC1)CCO2. The molecule has 8 nitrogen and oxygen atoms in total. The molecule has 0 saturated carbocycles. The van der Waals surface area contributed by atoms with Gasteiger partial charge in [-0.3, -0.25) is 14.4 Å². The van der Waals surface area contributed by atoms with Gasteiger partial charge in [0.2, 0.25) is 0 Å². The third-order valence-electron chi connectivity index (χ3n) is 7.27. The van der Waals surface area contributed by atoms with Crippen molar-refractivity contribution in [3.05, 3.63) is 42.4 Å². The number of hydrogen-bond donors (Lipinski definition) is 0. The minimum absolute atomic E-state index is 0.0767. The molecular formula is C23H32N6O2. The van der Waals surface area contributed by atoms with Crippen LogP contribution in [0.25, 0.3) is 0 Å². The predicted octanol–water partition coefficient (Wildman–Crippen LogP) is 1.79. The van der Waals surface area contributed by atoms with Crippen LogP contribution in [0.2, 0.25) is 0 Å². The summed E-state index contributed by atoms with van der Waals surface area (Å²) in [4.78, 5) is 24.3. The Morgan fingerprint density at radius 2 is 1.87 bits per heavy atom. The number of pyridine rings is 1. The van der Waals surface area contributed by atoms with Crippen LogP contribution >= 0.6 is 0 Å². The van der Waals surface area contributed by atoms with Gasteiger partial charge in [-0.15, -0.1) is 0 Å². The van der Waals surface area contributed by atoms with Gasteiger partial charge in [0, 0.05) is 71.4 Å². The number of nitrogens with zero attached hydrogens (tertiary/aromatic N) is 6. The van der Waals surface area contributed by atoms with Crippen molar-refractivity contribution in [3.8, 4) is 0 Å². The summed E-state index contributed by atoms with van der Waals surface area (Å²) in [7, 11) is 1.82. The minimum atomic E-state index is -0.0791. The first-order chi connectivity index (χ1) is 15.1. The molecule has 31 heavy (non-hydrogen) atoms. The Hall–Kier alpha value is -2.45. The normalized spacial score (nSPS) is 24.5. The number of amides is 1. The molecule has 3 fully saturated rings. The van der Waals surface area contributed by atoms with Crippen LogP contribution in [-0.4, -0.2) is 88.0 Å². The fourth-order valence-corrected chi connectivity index (χ4v) is 5.38. The average Bonchev–Trinajstić information content (AvgIpc) is 3.26. The summed E-state index contributed by atoms with van der Waals surface area (Å²) in [5.41, 5.74) is 0.578. The third kappa shape index (κ3) is 4.19. The number of carbonyl (C=O) groups excluding carboxylic acids is 1. The lowest BCUT2D eigenvalue weighted by atomic mass is 9.81. The Labute approximate surface area is 183 Å². The van der Waals surface area contributed by atoms with Crippen LogP contribution in [0.5, 0.6) is 0 Å². The molecule has 2 aromatic rings. The Balaban J connectivity index is 1.16.